The van der Waals surface area contributed by atoms with E-state index < -0.39 is 0 Å². The quantitative estimate of drug-likeness (QED) is 0.907. The largest absolute Gasteiger partial charge is 0.352 e. The molecule has 0 radical (unpaired) electrons. The van der Waals surface area contributed by atoms with Crippen molar-refractivity contribution in [1.82, 2.24) is 9.88 Å². The van der Waals surface area contributed by atoms with Gasteiger partial charge in [0.2, 0.25) is 0 Å². The Bertz CT molecular complexity index is 478. The molecule has 0 aliphatic heterocycles. The minimum Gasteiger partial charge on any atom is -0.352 e. The lowest BCUT2D eigenvalue weighted by Crippen LogP contribution is -2.13. The van der Waals surface area contributed by atoms with Gasteiger partial charge >= 0.3 is 0 Å². The summed E-state index contributed by atoms with van der Waals surface area (Å²) in [5.74, 6) is 0. The third-order valence-electron chi connectivity index (χ3n) is 2.31. The zero-order valence-electron chi connectivity index (χ0n) is 8.84. The summed E-state index contributed by atoms with van der Waals surface area (Å²) in [6, 6.07) is 6.18. The van der Waals surface area contributed by atoms with Gasteiger partial charge in [0.25, 0.3) is 0 Å². The molecule has 0 unspecified atom stereocenters. The molecule has 0 aliphatic rings. The van der Waals surface area contributed by atoms with Crippen LogP contribution >= 0.6 is 38.9 Å². The summed E-state index contributed by atoms with van der Waals surface area (Å²) in [4.78, 5) is 1.33. The number of nitrogens with zero attached hydrogens (tertiary/aromatic N) is 1. The Balaban J connectivity index is 1.86. The lowest BCUT2D eigenvalue weighted by molar-refractivity contribution is 0.660. The standard InChI is InChI=1S/C11H12BrClN2S/c1-15-7-8(13)4-9(15)5-14-6-10-2-3-11(12)16-10/h2-4,7,14H,5-6H2,1H3. The zero-order chi connectivity index (χ0) is 11.5. The molecule has 0 saturated carbocycles. The van der Waals surface area contributed by atoms with Gasteiger partial charge in [0, 0.05) is 36.9 Å². The summed E-state index contributed by atoms with van der Waals surface area (Å²) >= 11 is 11.1. The van der Waals surface area contributed by atoms with E-state index in [1.807, 2.05) is 23.9 Å². The van der Waals surface area contributed by atoms with Crippen LogP contribution in [0.2, 0.25) is 5.02 Å². The first-order valence-electron chi connectivity index (χ1n) is 4.91. The second kappa shape index (κ2) is 5.36. The van der Waals surface area contributed by atoms with Crippen LogP contribution in [0.3, 0.4) is 0 Å². The van der Waals surface area contributed by atoms with Crippen LogP contribution in [-0.4, -0.2) is 4.57 Å². The molecule has 2 heterocycles. The van der Waals surface area contributed by atoms with Crippen molar-refractivity contribution in [2.24, 2.45) is 7.05 Å². The van der Waals surface area contributed by atoms with Crippen LogP contribution in [0, 0.1) is 0 Å². The van der Waals surface area contributed by atoms with Crippen LogP contribution in [0.25, 0.3) is 0 Å². The molecule has 2 nitrogen and oxygen atoms in total. The number of nitrogens with one attached hydrogen (secondary N) is 1. The highest BCUT2D eigenvalue weighted by atomic mass is 79.9. The van der Waals surface area contributed by atoms with Gasteiger partial charge in [-0.15, -0.1) is 11.3 Å². The lowest BCUT2D eigenvalue weighted by atomic mass is 10.4. The molecule has 2 rings (SSSR count). The summed E-state index contributed by atoms with van der Waals surface area (Å²) in [5, 5.41) is 4.19. The fraction of sp³-hybridized carbons (Fsp3) is 0.273. The van der Waals surface area contributed by atoms with Crippen molar-refractivity contribution < 1.29 is 0 Å². The zero-order valence-corrected chi connectivity index (χ0v) is 12.0. The van der Waals surface area contributed by atoms with Crippen LogP contribution in [-0.2, 0) is 20.1 Å². The number of rotatable bonds is 4. The Morgan fingerprint density at radius 3 is 2.81 bits per heavy atom. The predicted octanol–water partition coefficient (Wildman–Crippen LogP) is 3.79. The van der Waals surface area contributed by atoms with E-state index in [9.17, 15) is 0 Å². The second-order valence-electron chi connectivity index (χ2n) is 3.57. The van der Waals surface area contributed by atoms with Gasteiger partial charge in [-0.1, -0.05) is 11.6 Å². The second-order valence-corrected chi connectivity index (χ2v) is 6.55. The first-order valence-corrected chi connectivity index (χ1v) is 6.89. The van der Waals surface area contributed by atoms with E-state index in [4.69, 9.17) is 11.6 Å². The van der Waals surface area contributed by atoms with Gasteiger partial charge in [-0.05, 0) is 34.1 Å². The van der Waals surface area contributed by atoms with Crippen molar-refractivity contribution in [3.63, 3.8) is 0 Å². The maximum atomic E-state index is 5.91. The predicted molar refractivity (Wildman–Crippen MR) is 73.0 cm³/mol. The Morgan fingerprint density at radius 2 is 2.25 bits per heavy atom. The molecule has 0 spiro atoms. The highest BCUT2D eigenvalue weighted by Gasteiger charge is 2.01. The third-order valence-corrected chi connectivity index (χ3v) is 4.14. The first kappa shape index (κ1) is 12.2. The molecule has 2 aromatic heterocycles. The van der Waals surface area contributed by atoms with Gasteiger partial charge in [-0.3, -0.25) is 0 Å². The summed E-state index contributed by atoms with van der Waals surface area (Å²) in [5.41, 5.74) is 1.20. The number of aromatic nitrogens is 1. The molecule has 0 atom stereocenters. The molecule has 0 amide bonds. The summed E-state index contributed by atoms with van der Waals surface area (Å²) in [6.07, 6.45) is 1.92. The van der Waals surface area contributed by atoms with E-state index >= 15 is 0 Å². The number of aryl methyl sites for hydroxylation is 1. The monoisotopic (exact) mass is 318 g/mol. The Hall–Kier alpha value is -0.290. The van der Waals surface area contributed by atoms with Crippen LogP contribution in [0.4, 0.5) is 0 Å². The highest BCUT2D eigenvalue weighted by molar-refractivity contribution is 9.11. The molecule has 1 N–H and O–H groups in total. The van der Waals surface area contributed by atoms with Gasteiger partial charge in [0.05, 0.1) is 8.81 Å². The van der Waals surface area contributed by atoms with Crippen LogP contribution in [0.1, 0.15) is 10.6 Å². The minimum atomic E-state index is 0.790. The smallest absolute Gasteiger partial charge is 0.0701 e. The van der Waals surface area contributed by atoms with Crippen molar-refractivity contribution in [2.45, 2.75) is 13.1 Å². The van der Waals surface area contributed by atoms with E-state index in [1.54, 1.807) is 11.3 Å². The fourth-order valence-corrected chi connectivity index (χ4v) is 3.23. The van der Waals surface area contributed by atoms with Crippen molar-refractivity contribution in [3.05, 3.63) is 43.8 Å². The van der Waals surface area contributed by atoms with Gasteiger partial charge in [0.15, 0.2) is 0 Å². The molecular weight excluding hydrogens is 308 g/mol. The maximum Gasteiger partial charge on any atom is 0.0701 e. The molecule has 2 aromatic rings. The number of hydrogen-bond donors (Lipinski definition) is 1. The molecule has 0 bridgehead atoms. The SMILES string of the molecule is Cn1cc(Cl)cc1CNCc1ccc(Br)s1. The molecule has 0 fully saturated rings. The van der Waals surface area contributed by atoms with Gasteiger partial charge in [0.1, 0.15) is 0 Å². The Kier molecular flexibility index (Phi) is 4.08. The van der Waals surface area contributed by atoms with E-state index in [0.29, 0.717) is 0 Å². The Labute approximate surface area is 112 Å². The van der Waals surface area contributed by atoms with E-state index in [2.05, 4.69) is 33.4 Å². The molecular formula is C11H12BrClN2S. The van der Waals surface area contributed by atoms with Crippen LogP contribution in [0.5, 0.6) is 0 Å². The number of halogens is 2. The number of hydrogen-bond acceptors (Lipinski definition) is 2. The molecule has 86 valence electrons. The maximum absolute atomic E-state index is 5.91. The van der Waals surface area contributed by atoms with Crippen molar-refractivity contribution in [3.8, 4) is 0 Å². The molecule has 0 aromatic carbocycles. The van der Waals surface area contributed by atoms with E-state index in [0.717, 1.165) is 18.1 Å². The lowest BCUT2D eigenvalue weighted by Gasteiger charge is -2.04. The van der Waals surface area contributed by atoms with Crippen molar-refractivity contribution in [2.75, 3.05) is 0 Å². The Morgan fingerprint density at radius 1 is 1.44 bits per heavy atom. The van der Waals surface area contributed by atoms with E-state index in [-0.39, 0.29) is 0 Å². The highest BCUT2D eigenvalue weighted by Crippen LogP contribution is 2.21. The summed E-state index contributed by atoms with van der Waals surface area (Å²) < 4.78 is 3.21. The molecule has 0 aliphatic carbocycles. The molecule has 5 heteroatoms. The normalized spacial score (nSPS) is 10.9. The van der Waals surface area contributed by atoms with Crippen LogP contribution in [0.15, 0.2) is 28.2 Å². The minimum absolute atomic E-state index is 0.790. The average Bonchev–Trinajstić information content (AvgIpc) is 2.74. The fourth-order valence-electron chi connectivity index (χ4n) is 1.50. The van der Waals surface area contributed by atoms with E-state index in [1.165, 1.54) is 14.4 Å². The van der Waals surface area contributed by atoms with Crippen molar-refractivity contribution >= 4 is 38.9 Å². The topological polar surface area (TPSA) is 17.0 Å². The van der Waals surface area contributed by atoms with Gasteiger partial charge in [-0.2, -0.15) is 0 Å². The van der Waals surface area contributed by atoms with Crippen molar-refractivity contribution in [1.29, 1.82) is 0 Å². The molecule has 0 saturated heterocycles. The first-order chi connectivity index (χ1) is 7.65. The molecule has 16 heavy (non-hydrogen) atoms. The summed E-state index contributed by atoms with van der Waals surface area (Å²) in [6.45, 7) is 1.72. The summed E-state index contributed by atoms with van der Waals surface area (Å²) in [7, 11) is 2.00. The van der Waals surface area contributed by atoms with Gasteiger partial charge < -0.3 is 9.88 Å². The van der Waals surface area contributed by atoms with Gasteiger partial charge in [-0.25, -0.2) is 0 Å². The third kappa shape index (κ3) is 3.10. The van der Waals surface area contributed by atoms with Crippen LogP contribution < -0.4 is 5.32 Å². The average molecular weight is 320 g/mol. The number of thiophene rings is 1.